The summed E-state index contributed by atoms with van der Waals surface area (Å²) in [6, 6.07) is 13.2. The molecule has 2 amide bonds. The average Bonchev–Trinajstić information content (AvgIpc) is 3.47. The summed E-state index contributed by atoms with van der Waals surface area (Å²) < 4.78 is 16.5. The van der Waals surface area contributed by atoms with E-state index in [1.165, 1.54) is 11.8 Å². The average molecular weight is 494 g/mol. The Morgan fingerprint density at radius 1 is 1.17 bits per heavy atom. The van der Waals surface area contributed by atoms with Crippen LogP contribution in [-0.4, -0.2) is 60.2 Å². The highest BCUT2D eigenvalue weighted by molar-refractivity contribution is 8.14. The van der Waals surface area contributed by atoms with Gasteiger partial charge in [0, 0.05) is 13.1 Å². The number of morpholine rings is 1. The molecule has 8 nitrogen and oxygen atoms in total. The molecule has 1 unspecified atom stereocenters. The lowest BCUT2D eigenvalue weighted by atomic mass is 10.1. The predicted octanol–water partition coefficient (Wildman–Crippen LogP) is 3.84. The van der Waals surface area contributed by atoms with Crippen LogP contribution in [0.1, 0.15) is 24.5 Å². The molecule has 1 saturated heterocycles. The predicted molar refractivity (Wildman–Crippen MR) is 136 cm³/mol. The van der Waals surface area contributed by atoms with E-state index in [0.717, 1.165) is 17.5 Å². The number of aliphatic imine (C=N–C) groups is 1. The molecule has 0 radical (unpaired) electrons. The summed E-state index contributed by atoms with van der Waals surface area (Å²) >= 11 is 1.28. The Morgan fingerprint density at radius 3 is 2.77 bits per heavy atom. The molecule has 0 N–H and O–H groups in total. The molecule has 2 aromatic rings. The number of amidine groups is 1. The number of anilines is 1. The van der Waals surface area contributed by atoms with Crippen molar-refractivity contribution in [2.75, 3.05) is 37.1 Å². The molecular weight excluding hydrogens is 466 g/mol. The Balaban J connectivity index is 1.38. The van der Waals surface area contributed by atoms with Gasteiger partial charge in [-0.2, -0.15) is 0 Å². The third-order valence-corrected chi connectivity index (χ3v) is 7.02. The smallest absolute Gasteiger partial charge is 0.283 e. The lowest BCUT2D eigenvalue weighted by Gasteiger charge is -2.32. The van der Waals surface area contributed by atoms with Gasteiger partial charge in [0.25, 0.3) is 5.91 Å². The van der Waals surface area contributed by atoms with Gasteiger partial charge in [0.1, 0.15) is 5.70 Å². The number of benzene rings is 2. The molecule has 1 fully saturated rings. The third-order valence-electron chi connectivity index (χ3n) is 6.09. The largest absolute Gasteiger partial charge is 0.454 e. The molecule has 3 aliphatic heterocycles. The number of nitrogens with zero attached hydrogens (tertiary/aromatic N) is 3. The van der Waals surface area contributed by atoms with Gasteiger partial charge in [-0.15, -0.1) is 0 Å². The maximum Gasteiger partial charge on any atom is 0.283 e. The number of thioether (sulfide) groups is 1. The number of ether oxygens (including phenoxy) is 3. The SMILES string of the molecule is CCC1CN(C(=O)CSC2=N/C(=C/c3ccc4c(c3)OCO4)C(=O)N2c2ccc(C)cc2)CCO1. The summed E-state index contributed by atoms with van der Waals surface area (Å²) in [4.78, 5) is 34.4. The van der Waals surface area contributed by atoms with Crippen LogP contribution in [0.25, 0.3) is 6.08 Å². The molecule has 0 aromatic heterocycles. The van der Waals surface area contributed by atoms with Crippen molar-refractivity contribution < 1.29 is 23.8 Å². The standard InChI is InChI=1S/C26H27N3O5S/c1-3-20-14-28(10-11-32-20)24(30)15-35-26-27-21(12-18-6-9-22-23(13-18)34-16-33-22)25(31)29(26)19-7-4-17(2)5-8-19/h4-9,12-13,20H,3,10-11,14-16H2,1-2H3/b21-12+. The molecule has 0 spiro atoms. The maximum atomic E-state index is 13.4. The highest BCUT2D eigenvalue weighted by Gasteiger charge is 2.33. The van der Waals surface area contributed by atoms with Gasteiger partial charge >= 0.3 is 0 Å². The van der Waals surface area contributed by atoms with E-state index < -0.39 is 0 Å². The first-order valence-electron chi connectivity index (χ1n) is 11.6. The molecule has 2 aromatic carbocycles. The van der Waals surface area contributed by atoms with E-state index >= 15 is 0 Å². The van der Waals surface area contributed by atoms with Gasteiger partial charge in [-0.05, 0) is 49.2 Å². The van der Waals surface area contributed by atoms with E-state index in [-0.39, 0.29) is 30.5 Å². The van der Waals surface area contributed by atoms with Crippen LogP contribution in [0.5, 0.6) is 11.5 Å². The van der Waals surface area contributed by atoms with E-state index in [2.05, 4.69) is 11.9 Å². The fraction of sp³-hybridized carbons (Fsp3) is 0.346. The third kappa shape index (κ3) is 5.06. The number of carbonyl (C=O) groups excluding carboxylic acids is 2. The van der Waals surface area contributed by atoms with Gasteiger partial charge in [0.05, 0.1) is 24.2 Å². The van der Waals surface area contributed by atoms with Gasteiger partial charge in [-0.3, -0.25) is 14.5 Å². The number of fused-ring (bicyclic) bond motifs is 1. The van der Waals surface area contributed by atoms with Crippen LogP contribution >= 0.6 is 11.8 Å². The van der Waals surface area contributed by atoms with Crippen molar-refractivity contribution in [2.45, 2.75) is 26.4 Å². The van der Waals surface area contributed by atoms with Crippen molar-refractivity contribution in [2.24, 2.45) is 4.99 Å². The number of carbonyl (C=O) groups is 2. The Hall–Kier alpha value is -3.30. The first-order valence-corrected chi connectivity index (χ1v) is 12.6. The lowest BCUT2D eigenvalue weighted by Crippen LogP contribution is -2.46. The molecular formula is C26H27N3O5S. The molecule has 0 aliphatic carbocycles. The molecule has 3 aliphatic rings. The van der Waals surface area contributed by atoms with E-state index in [9.17, 15) is 9.59 Å². The summed E-state index contributed by atoms with van der Waals surface area (Å²) in [6.45, 7) is 5.96. The minimum Gasteiger partial charge on any atom is -0.454 e. The van der Waals surface area contributed by atoms with Gasteiger partial charge in [-0.1, -0.05) is 42.4 Å². The summed E-state index contributed by atoms with van der Waals surface area (Å²) in [5, 5.41) is 0.486. The van der Waals surface area contributed by atoms with Gasteiger partial charge in [0.2, 0.25) is 12.7 Å². The molecule has 5 rings (SSSR count). The van der Waals surface area contributed by atoms with Crippen molar-refractivity contribution in [3.8, 4) is 11.5 Å². The molecule has 35 heavy (non-hydrogen) atoms. The zero-order valence-electron chi connectivity index (χ0n) is 19.7. The zero-order valence-corrected chi connectivity index (χ0v) is 20.5. The van der Waals surface area contributed by atoms with Crippen LogP contribution < -0.4 is 14.4 Å². The topological polar surface area (TPSA) is 80.7 Å². The van der Waals surface area contributed by atoms with Crippen molar-refractivity contribution >= 4 is 40.5 Å². The second-order valence-corrected chi connectivity index (χ2v) is 9.48. The van der Waals surface area contributed by atoms with E-state index in [1.807, 2.05) is 54.3 Å². The van der Waals surface area contributed by atoms with E-state index in [0.29, 0.717) is 47.7 Å². The lowest BCUT2D eigenvalue weighted by molar-refractivity contribution is -0.135. The number of hydrogen-bond donors (Lipinski definition) is 0. The van der Waals surface area contributed by atoms with Crippen LogP contribution in [0.4, 0.5) is 5.69 Å². The Kier molecular flexibility index (Phi) is 6.79. The Labute approximate surface area is 208 Å². The van der Waals surface area contributed by atoms with Crippen molar-refractivity contribution in [3.05, 3.63) is 59.3 Å². The monoisotopic (exact) mass is 493 g/mol. The first kappa shape index (κ1) is 23.4. The zero-order chi connectivity index (χ0) is 24.4. The maximum absolute atomic E-state index is 13.4. The summed E-state index contributed by atoms with van der Waals surface area (Å²) in [7, 11) is 0. The normalized spacial score (nSPS) is 20.5. The van der Waals surface area contributed by atoms with Crippen LogP contribution in [0.2, 0.25) is 0 Å². The highest BCUT2D eigenvalue weighted by Crippen LogP contribution is 2.34. The van der Waals surface area contributed by atoms with Crippen LogP contribution in [0.3, 0.4) is 0 Å². The minimum absolute atomic E-state index is 0.0176. The molecule has 182 valence electrons. The van der Waals surface area contributed by atoms with Crippen LogP contribution in [0.15, 0.2) is 53.2 Å². The fourth-order valence-electron chi connectivity index (χ4n) is 4.09. The van der Waals surface area contributed by atoms with Crippen molar-refractivity contribution in [1.29, 1.82) is 0 Å². The number of hydrogen-bond acceptors (Lipinski definition) is 7. The number of amides is 2. The Morgan fingerprint density at radius 2 is 1.97 bits per heavy atom. The Bertz CT molecular complexity index is 1190. The molecule has 9 heteroatoms. The van der Waals surface area contributed by atoms with Crippen LogP contribution in [-0.2, 0) is 14.3 Å². The van der Waals surface area contributed by atoms with Gasteiger partial charge in [0.15, 0.2) is 16.7 Å². The van der Waals surface area contributed by atoms with Gasteiger partial charge in [-0.25, -0.2) is 4.99 Å². The molecule has 0 saturated carbocycles. The van der Waals surface area contributed by atoms with E-state index in [4.69, 9.17) is 14.2 Å². The quantitative estimate of drug-likeness (QED) is 0.589. The van der Waals surface area contributed by atoms with Crippen LogP contribution in [0, 0.1) is 6.92 Å². The number of rotatable bonds is 5. The van der Waals surface area contributed by atoms with Crippen molar-refractivity contribution in [1.82, 2.24) is 4.90 Å². The second-order valence-electron chi connectivity index (χ2n) is 8.54. The first-order chi connectivity index (χ1) is 17.0. The van der Waals surface area contributed by atoms with Gasteiger partial charge < -0.3 is 19.1 Å². The molecule has 0 bridgehead atoms. The molecule has 1 atom stereocenters. The summed E-state index contributed by atoms with van der Waals surface area (Å²) in [5.41, 5.74) is 2.89. The fourth-order valence-corrected chi connectivity index (χ4v) is 5.00. The highest BCUT2D eigenvalue weighted by atomic mass is 32.2. The number of aryl methyl sites for hydroxylation is 1. The summed E-state index contributed by atoms with van der Waals surface area (Å²) in [5.74, 6) is 1.29. The molecule has 3 heterocycles. The van der Waals surface area contributed by atoms with Crippen molar-refractivity contribution in [3.63, 3.8) is 0 Å². The van der Waals surface area contributed by atoms with E-state index in [1.54, 1.807) is 11.0 Å². The second kappa shape index (κ2) is 10.1. The summed E-state index contributed by atoms with van der Waals surface area (Å²) in [6.07, 6.45) is 2.67. The minimum atomic E-state index is -0.237.